The van der Waals surface area contributed by atoms with Gasteiger partial charge in [-0.3, -0.25) is 0 Å². The molecule has 1 unspecified atom stereocenters. The lowest BCUT2D eigenvalue weighted by atomic mass is 10.1. The highest BCUT2D eigenvalue weighted by atomic mass is 19.3. The topological polar surface area (TPSA) is 41.5 Å². The van der Waals surface area contributed by atoms with Gasteiger partial charge in [-0.05, 0) is 24.7 Å². The monoisotopic (exact) mass is 231 g/mol. The number of methoxy groups -OCH3 is 1. The normalized spacial score (nSPS) is 12.9. The van der Waals surface area contributed by atoms with Crippen molar-refractivity contribution in [2.24, 2.45) is 0 Å². The quantitative estimate of drug-likeness (QED) is 0.813. The first-order valence-corrected chi connectivity index (χ1v) is 4.88. The Morgan fingerprint density at radius 1 is 1.44 bits per heavy atom. The van der Waals surface area contributed by atoms with Crippen LogP contribution >= 0.6 is 0 Å². The maximum absolute atomic E-state index is 12.7. The fraction of sp³-hybridized carbons (Fsp3) is 0.455. The molecule has 90 valence electrons. The van der Waals surface area contributed by atoms with Crippen molar-refractivity contribution in [2.45, 2.75) is 12.5 Å². The largest absolute Gasteiger partial charge is 0.496 e. The Bertz CT molecular complexity index is 345. The summed E-state index contributed by atoms with van der Waals surface area (Å²) >= 11 is 0. The summed E-state index contributed by atoms with van der Waals surface area (Å²) in [5.41, 5.74) is 0.251. The molecule has 0 aliphatic heterocycles. The van der Waals surface area contributed by atoms with Gasteiger partial charge in [0.2, 0.25) is 0 Å². The van der Waals surface area contributed by atoms with Crippen LogP contribution < -0.4 is 10.1 Å². The number of nitrogens with one attached hydrogen (secondary N) is 1. The second-order valence-electron chi connectivity index (χ2n) is 3.38. The van der Waals surface area contributed by atoms with Crippen LogP contribution in [0.25, 0.3) is 0 Å². The molecule has 0 saturated carbocycles. The molecule has 16 heavy (non-hydrogen) atoms. The van der Waals surface area contributed by atoms with E-state index in [0.29, 0.717) is 12.1 Å². The molecule has 3 nitrogen and oxygen atoms in total. The Kier molecular flexibility index (Phi) is 4.64. The van der Waals surface area contributed by atoms with Crippen molar-refractivity contribution in [2.75, 3.05) is 20.7 Å². The Morgan fingerprint density at radius 2 is 2.12 bits per heavy atom. The number of hydrogen-bond donors (Lipinski definition) is 2. The van der Waals surface area contributed by atoms with Gasteiger partial charge in [-0.1, -0.05) is 6.07 Å². The van der Waals surface area contributed by atoms with E-state index in [1.54, 1.807) is 13.1 Å². The summed E-state index contributed by atoms with van der Waals surface area (Å²) in [7, 11) is 3.02. The van der Waals surface area contributed by atoms with Gasteiger partial charge in [-0.25, -0.2) is 8.78 Å². The number of aliphatic hydroxyl groups excluding tert-OH is 1. The fourth-order valence-electron chi connectivity index (χ4n) is 1.44. The third-order valence-electron chi connectivity index (χ3n) is 2.27. The van der Waals surface area contributed by atoms with Crippen molar-refractivity contribution in [3.05, 3.63) is 29.3 Å². The molecule has 0 spiro atoms. The first kappa shape index (κ1) is 12.9. The molecule has 1 aromatic rings. The van der Waals surface area contributed by atoms with E-state index in [2.05, 4.69) is 5.32 Å². The van der Waals surface area contributed by atoms with E-state index in [9.17, 15) is 13.9 Å². The number of likely N-dealkylation sites (N-methyl/N-ethyl adjacent to an activating group) is 1. The van der Waals surface area contributed by atoms with E-state index in [1.165, 1.54) is 19.2 Å². The van der Waals surface area contributed by atoms with Crippen LogP contribution in [-0.2, 0) is 0 Å². The van der Waals surface area contributed by atoms with Crippen LogP contribution in [0.2, 0.25) is 0 Å². The van der Waals surface area contributed by atoms with Crippen LogP contribution in [0.15, 0.2) is 18.2 Å². The second-order valence-corrected chi connectivity index (χ2v) is 3.38. The maximum Gasteiger partial charge on any atom is 0.267 e. The minimum Gasteiger partial charge on any atom is -0.496 e. The summed E-state index contributed by atoms with van der Waals surface area (Å²) in [5.74, 6) is 0.135. The molecule has 5 heteroatoms. The average molecular weight is 231 g/mol. The van der Waals surface area contributed by atoms with Crippen molar-refractivity contribution in [1.82, 2.24) is 5.32 Å². The van der Waals surface area contributed by atoms with Gasteiger partial charge in [-0.15, -0.1) is 0 Å². The Hall–Kier alpha value is -1.20. The minimum absolute atomic E-state index is 0.135. The zero-order valence-electron chi connectivity index (χ0n) is 9.21. The van der Waals surface area contributed by atoms with Gasteiger partial charge in [0.25, 0.3) is 6.43 Å². The molecule has 2 N–H and O–H groups in total. The van der Waals surface area contributed by atoms with Gasteiger partial charge in [-0.2, -0.15) is 0 Å². The zero-order chi connectivity index (χ0) is 12.1. The van der Waals surface area contributed by atoms with Crippen LogP contribution in [-0.4, -0.2) is 25.8 Å². The minimum atomic E-state index is -2.61. The summed E-state index contributed by atoms with van der Waals surface area (Å²) in [6, 6.07) is 4.29. The third kappa shape index (κ3) is 2.90. The van der Waals surface area contributed by atoms with Gasteiger partial charge >= 0.3 is 0 Å². The average Bonchev–Trinajstić information content (AvgIpc) is 2.28. The highest BCUT2D eigenvalue weighted by Crippen LogP contribution is 2.31. The summed E-state index contributed by atoms with van der Waals surface area (Å²) < 4.78 is 30.2. The standard InChI is InChI=1S/C11H15F2NO2/c1-14-6-9(15)7-3-4-10(16-2)8(5-7)11(12)13/h3-5,9,11,14-15H,6H2,1-2H3. The van der Waals surface area contributed by atoms with E-state index in [-0.39, 0.29) is 11.3 Å². The molecular weight excluding hydrogens is 216 g/mol. The molecule has 0 aliphatic rings. The lowest BCUT2D eigenvalue weighted by molar-refractivity contribution is 0.145. The molecular formula is C11H15F2NO2. The van der Waals surface area contributed by atoms with Crippen LogP contribution in [0.1, 0.15) is 23.7 Å². The molecule has 0 saturated heterocycles. The molecule has 0 bridgehead atoms. The fourth-order valence-corrected chi connectivity index (χ4v) is 1.44. The van der Waals surface area contributed by atoms with E-state index in [4.69, 9.17) is 4.74 Å². The smallest absolute Gasteiger partial charge is 0.267 e. The van der Waals surface area contributed by atoms with Gasteiger partial charge in [0.05, 0.1) is 18.8 Å². The number of hydrogen-bond acceptors (Lipinski definition) is 3. The molecule has 1 rings (SSSR count). The number of rotatable bonds is 5. The van der Waals surface area contributed by atoms with Crippen molar-refractivity contribution >= 4 is 0 Å². The third-order valence-corrected chi connectivity index (χ3v) is 2.27. The van der Waals surface area contributed by atoms with Crippen LogP contribution in [0.5, 0.6) is 5.75 Å². The number of halogens is 2. The first-order chi connectivity index (χ1) is 7.60. The molecule has 0 fully saturated rings. The van der Waals surface area contributed by atoms with Crippen molar-refractivity contribution in [3.63, 3.8) is 0 Å². The predicted octanol–water partition coefficient (Wildman–Crippen LogP) is 1.89. The zero-order valence-corrected chi connectivity index (χ0v) is 9.21. The maximum atomic E-state index is 12.7. The lowest BCUT2D eigenvalue weighted by Crippen LogP contribution is -2.16. The molecule has 0 amide bonds. The highest BCUT2D eigenvalue weighted by molar-refractivity contribution is 5.39. The second kappa shape index (κ2) is 5.77. The van der Waals surface area contributed by atoms with Crippen LogP contribution in [0.4, 0.5) is 8.78 Å². The van der Waals surface area contributed by atoms with Gasteiger partial charge in [0.1, 0.15) is 5.75 Å². The summed E-state index contributed by atoms with van der Waals surface area (Å²) in [4.78, 5) is 0. The van der Waals surface area contributed by atoms with Crippen molar-refractivity contribution in [1.29, 1.82) is 0 Å². The number of alkyl halides is 2. The van der Waals surface area contributed by atoms with Gasteiger partial charge in [0.15, 0.2) is 0 Å². The SMILES string of the molecule is CNCC(O)c1ccc(OC)c(C(F)F)c1. The summed E-state index contributed by atoms with van der Waals surface area (Å²) in [6.07, 6.45) is -3.41. The summed E-state index contributed by atoms with van der Waals surface area (Å²) in [5, 5.41) is 12.4. The number of benzene rings is 1. The Labute approximate surface area is 93.0 Å². The van der Waals surface area contributed by atoms with Gasteiger partial charge in [0, 0.05) is 6.54 Å². The van der Waals surface area contributed by atoms with Gasteiger partial charge < -0.3 is 15.2 Å². The Morgan fingerprint density at radius 3 is 2.62 bits per heavy atom. The van der Waals surface area contributed by atoms with Crippen molar-refractivity contribution in [3.8, 4) is 5.75 Å². The molecule has 0 aromatic heterocycles. The molecule has 0 aliphatic carbocycles. The van der Waals surface area contributed by atoms with Crippen LogP contribution in [0, 0.1) is 0 Å². The highest BCUT2D eigenvalue weighted by Gasteiger charge is 2.16. The molecule has 1 atom stereocenters. The van der Waals surface area contributed by atoms with E-state index in [0.717, 1.165) is 0 Å². The number of ether oxygens (including phenoxy) is 1. The summed E-state index contributed by atoms with van der Waals surface area (Å²) in [6.45, 7) is 0.314. The first-order valence-electron chi connectivity index (χ1n) is 4.88. The lowest BCUT2D eigenvalue weighted by Gasteiger charge is -2.14. The van der Waals surface area contributed by atoms with Crippen molar-refractivity contribution < 1.29 is 18.6 Å². The van der Waals surface area contributed by atoms with Crippen LogP contribution in [0.3, 0.4) is 0 Å². The van der Waals surface area contributed by atoms with E-state index in [1.807, 2.05) is 0 Å². The molecule has 0 radical (unpaired) electrons. The Balaban J connectivity index is 3.01. The molecule has 0 heterocycles. The van der Waals surface area contributed by atoms with E-state index < -0.39 is 12.5 Å². The number of aliphatic hydroxyl groups is 1. The van der Waals surface area contributed by atoms with E-state index >= 15 is 0 Å². The molecule has 1 aromatic carbocycles. The predicted molar refractivity (Wildman–Crippen MR) is 56.8 cm³/mol.